The van der Waals surface area contributed by atoms with Crippen LogP contribution >= 0.6 is 0 Å². The fraction of sp³-hybridized carbons (Fsp3) is 0.946. The van der Waals surface area contributed by atoms with Crippen molar-refractivity contribution in [1.82, 2.24) is 0 Å². The Bertz CT molecular complexity index is 1680. The molecule has 30 nitrogen and oxygen atoms in total. The maximum absolute atomic E-state index is 12.2. The summed E-state index contributed by atoms with van der Waals surface area (Å²) in [7, 11) is 1.19. The van der Waals surface area contributed by atoms with Gasteiger partial charge in [-0.25, -0.2) is 9.59 Å². The van der Waals surface area contributed by atoms with Gasteiger partial charge in [0.25, 0.3) is 11.6 Å². The molecule has 0 aliphatic carbocycles. The van der Waals surface area contributed by atoms with Crippen LogP contribution in [0.15, 0.2) is 0 Å². The van der Waals surface area contributed by atoms with Crippen molar-refractivity contribution in [1.29, 1.82) is 0 Å². The zero-order valence-corrected chi connectivity index (χ0v) is 35.8. The predicted molar refractivity (Wildman–Crippen MR) is 199 cm³/mol. The molecule has 0 aromatic rings. The van der Waals surface area contributed by atoms with Crippen molar-refractivity contribution in [2.45, 2.75) is 179 Å². The number of aliphatic hydroxyl groups is 12. The van der Waals surface area contributed by atoms with Gasteiger partial charge in [0.05, 0.1) is 33.0 Å². The summed E-state index contributed by atoms with van der Waals surface area (Å²) in [6, 6.07) is 0. The quantitative estimate of drug-likeness (QED) is 0.0768. The van der Waals surface area contributed by atoms with Gasteiger partial charge in [-0.05, 0) is 0 Å². The van der Waals surface area contributed by atoms with Crippen LogP contribution in [0, 0.1) is 0 Å². The van der Waals surface area contributed by atoms with E-state index in [-0.39, 0.29) is 0 Å². The van der Waals surface area contributed by atoms with E-state index in [1.54, 1.807) is 0 Å². The molecule has 7 heterocycles. The smallest absolute Gasteiger partial charge is 0.364 e. The highest BCUT2D eigenvalue weighted by Gasteiger charge is 2.61. The van der Waals surface area contributed by atoms with Gasteiger partial charge in [0.2, 0.25) is 0 Å². The number of carboxylic acid groups (broad SMARTS) is 2. The van der Waals surface area contributed by atoms with Gasteiger partial charge in [0.15, 0.2) is 31.5 Å². The molecule has 7 aliphatic heterocycles. The number of methoxy groups -OCH3 is 1. The molecule has 0 saturated carbocycles. The van der Waals surface area contributed by atoms with E-state index in [1.165, 1.54) is 7.11 Å². The maximum Gasteiger partial charge on any atom is 0.364 e. The Balaban J connectivity index is 1.03. The standard InChI is InChI=1S/C37H58O30/c1-36(34(50)51)56-7-12-25(66-36)27(54-3)22(48)32(61-12)64-28-23(49)33(62-13-8-57-37(2,35(52)53)67-26(13)28)63-24-10(5-39)59-29(21(47)18(24)44)55-6-11-15(41)17(43)20(46)31(60-11)65-30-19(45)16(42)14(40)9(4-38)58-30/h9-33,38-49H,4-8H2,1-3H3,(H,50,51)(H,52,53)/t9-,10-,11-,12-,13-,14-,15-,16+,17+,18-,19-,20-,21-,22-,23-,24-,25-,26-,27-,28-,29-,30-,31-,32+,33+,36-,37-/m1/s1. The van der Waals surface area contributed by atoms with Gasteiger partial charge in [-0.3, -0.25) is 0 Å². The molecule has 30 heteroatoms. The molecule has 0 bridgehead atoms. The fourth-order valence-corrected chi connectivity index (χ4v) is 8.62. The molecular weight excluding hydrogens is 924 g/mol. The van der Waals surface area contributed by atoms with E-state index in [0.29, 0.717) is 0 Å². The van der Waals surface area contributed by atoms with Crippen LogP contribution in [0.2, 0.25) is 0 Å². The van der Waals surface area contributed by atoms with Gasteiger partial charge in [0, 0.05) is 21.0 Å². The molecule has 0 aromatic carbocycles. The normalized spacial score (nSPS) is 52.7. The summed E-state index contributed by atoms with van der Waals surface area (Å²) in [5.74, 6) is -7.51. The molecular formula is C37H58O30. The van der Waals surface area contributed by atoms with Crippen LogP contribution in [-0.4, -0.2) is 289 Å². The lowest BCUT2D eigenvalue weighted by Gasteiger charge is -2.53. The molecule has 7 rings (SSSR count). The van der Waals surface area contributed by atoms with Crippen molar-refractivity contribution < 1.29 is 147 Å². The average Bonchev–Trinajstić information content (AvgIpc) is 3.29. The van der Waals surface area contributed by atoms with Crippen molar-refractivity contribution in [2.24, 2.45) is 0 Å². The largest absolute Gasteiger partial charge is 0.477 e. The number of aliphatic carboxylic acids is 2. The minimum absolute atomic E-state index is 0.398. The van der Waals surface area contributed by atoms with Crippen LogP contribution in [0.3, 0.4) is 0 Å². The third kappa shape index (κ3) is 10.2. The van der Waals surface area contributed by atoms with E-state index in [9.17, 15) is 81.1 Å². The SMILES string of the molecule is CO[C@@H]1[C@@H](O)[C@H](O[C@@H]2[C@@H](O)[C@H](O[C@H]3[C@H](O)[C@@H](O)[C@H](OC[C@H]4O[C@H](O[C@H]5O[C@H](CO)[C@@H](O)[C@H](O)[C@H]5O)[C@H](O)[C@@H](O)[C@@H]4O)O[C@@H]3CO)O[C@@H]3CO[C@@](C)(C(=O)O)O[C@@H]23)O[C@@H]2CO[C@@](C)(C(=O)O)O[C@@H]12. The maximum atomic E-state index is 12.2. The molecule has 0 radical (unpaired) electrons. The van der Waals surface area contributed by atoms with Crippen LogP contribution in [-0.2, 0) is 75.9 Å². The highest BCUT2D eigenvalue weighted by molar-refractivity contribution is 5.75. The summed E-state index contributed by atoms with van der Waals surface area (Å²) in [4.78, 5) is 24.0. The summed E-state index contributed by atoms with van der Waals surface area (Å²) in [5, 5.41) is 148. The van der Waals surface area contributed by atoms with E-state index >= 15 is 0 Å². The lowest BCUT2D eigenvalue weighted by atomic mass is 9.94. The number of carbonyl (C=O) groups is 2. The predicted octanol–water partition coefficient (Wildman–Crippen LogP) is -9.54. The molecule has 7 saturated heterocycles. The van der Waals surface area contributed by atoms with Crippen molar-refractivity contribution in [3.8, 4) is 0 Å². The van der Waals surface area contributed by atoms with Crippen LogP contribution in [0.25, 0.3) is 0 Å². The monoisotopic (exact) mass is 982 g/mol. The molecule has 386 valence electrons. The topological polar surface area (TPSA) is 447 Å². The van der Waals surface area contributed by atoms with Gasteiger partial charge >= 0.3 is 11.9 Å². The van der Waals surface area contributed by atoms with Crippen molar-refractivity contribution in [3.63, 3.8) is 0 Å². The molecule has 7 aliphatic rings. The second-order valence-electron chi connectivity index (χ2n) is 17.1. The highest BCUT2D eigenvalue weighted by atomic mass is 16.8. The zero-order chi connectivity index (χ0) is 49.0. The Hall–Kier alpha value is -2.10. The Morgan fingerprint density at radius 2 is 0.910 bits per heavy atom. The number of hydrogen-bond acceptors (Lipinski definition) is 28. The molecule has 0 unspecified atom stereocenters. The van der Waals surface area contributed by atoms with E-state index < -0.39 is 210 Å². The number of carboxylic acids is 2. The van der Waals surface area contributed by atoms with Gasteiger partial charge in [-0.1, -0.05) is 0 Å². The molecule has 67 heavy (non-hydrogen) atoms. The molecule has 0 amide bonds. The second-order valence-corrected chi connectivity index (χ2v) is 17.1. The number of rotatable bonds is 14. The minimum Gasteiger partial charge on any atom is -0.477 e. The number of fused-ring (bicyclic) bond motifs is 2. The first-order chi connectivity index (χ1) is 31.6. The molecule has 7 fully saturated rings. The molecule has 0 spiro atoms. The summed E-state index contributed by atoms with van der Waals surface area (Å²) >= 11 is 0. The van der Waals surface area contributed by atoms with Crippen molar-refractivity contribution in [2.75, 3.05) is 40.1 Å². The van der Waals surface area contributed by atoms with E-state index in [0.717, 1.165) is 13.8 Å². The first kappa shape index (κ1) is 52.7. The van der Waals surface area contributed by atoms with Crippen LogP contribution in [0.4, 0.5) is 0 Å². The van der Waals surface area contributed by atoms with E-state index in [2.05, 4.69) is 0 Å². The number of hydrogen-bond donors (Lipinski definition) is 14. The summed E-state index contributed by atoms with van der Waals surface area (Å²) in [6.07, 6.45) is -43.3. The van der Waals surface area contributed by atoms with Crippen molar-refractivity contribution in [3.05, 3.63) is 0 Å². The van der Waals surface area contributed by atoms with E-state index in [4.69, 9.17) is 66.3 Å². The lowest BCUT2D eigenvalue weighted by molar-refractivity contribution is -0.424. The van der Waals surface area contributed by atoms with Crippen molar-refractivity contribution >= 4 is 11.9 Å². The third-order valence-corrected chi connectivity index (χ3v) is 12.7. The first-order valence-corrected chi connectivity index (χ1v) is 21.1. The lowest BCUT2D eigenvalue weighted by Crippen LogP contribution is -2.71. The fourth-order valence-electron chi connectivity index (χ4n) is 8.62. The summed E-state index contributed by atoms with van der Waals surface area (Å²) < 4.78 is 79.0. The molecule has 27 atom stereocenters. The Morgan fingerprint density at radius 1 is 0.493 bits per heavy atom. The molecule has 0 aromatic heterocycles. The van der Waals surface area contributed by atoms with Gasteiger partial charge in [-0.15, -0.1) is 0 Å². The molecule has 14 N–H and O–H groups in total. The summed E-state index contributed by atoms with van der Waals surface area (Å²) in [6.45, 7) is -1.30. The minimum atomic E-state index is -2.32. The zero-order valence-electron chi connectivity index (χ0n) is 35.8. The van der Waals surface area contributed by atoms with Gasteiger partial charge in [0.1, 0.15) is 122 Å². The highest BCUT2D eigenvalue weighted by Crippen LogP contribution is 2.40. The van der Waals surface area contributed by atoms with Crippen LogP contribution in [0.1, 0.15) is 13.8 Å². The van der Waals surface area contributed by atoms with Crippen LogP contribution < -0.4 is 0 Å². The van der Waals surface area contributed by atoms with Crippen LogP contribution in [0.5, 0.6) is 0 Å². The van der Waals surface area contributed by atoms with Gasteiger partial charge < -0.3 is 138 Å². The van der Waals surface area contributed by atoms with Gasteiger partial charge in [-0.2, -0.15) is 0 Å². The first-order valence-electron chi connectivity index (χ1n) is 21.1. The summed E-state index contributed by atoms with van der Waals surface area (Å²) in [5.41, 5.74) is 0. The third-order valence-electron chi connectivity index (χ3n) is 12.7. The average molecular weight is 983 g/mol. The second kappa shape index (κ2) is 20.9. The Kier molecular flexibility index (Phi) is 16.5. The Morgan fingerprint density at radius 3 is 1.40 bits per heavy atom. The van der Waals surface area contributed by atoms with E-state index in [1.807, 2.05) is 0 Å². The Labute approximate surface area is 378 Å². The number of aliphatic hydroxyl groups excluding tert-OH is 12. The number of ether oxygens (including phenoxy) is 14.